The summed E-state index contributed by atoms with van der Waals surface area (Å²) in [5, 5.41) is 17.7. The zero-order valence-corrected chi connectivity index (χ0v) is 16.9. The number of benzene rings is 2. The molecule has 2 rings (SSSR count). The number of aliphatic hydroxyl groups excluding tert-OH is 2. The molecule has 0 aliphatic carbocycles. The molecule has 0 bridgehead atoms. The van der Waals surface area contributed by atoms with Crippen LogP contribution < -0.4 is 0 Å². The van der Waals surface area contributed by atoms with Crippen molar-refractivity contribution in [3.05, 3.63) is 76.4 Å². The smallest absolute Gasteiger partial charge is 0.135 e. The predicted molar refractivity (Wildman–Crippen MR) is 113 cm³/mol. The number of halogens is 2. The van der Waals surface area contributed by atoms with E-state index in [1.54, 1.807) is 42.5 Å². The van der Waals surface area contributed by atoms with E-state index >= 15 is 0 Å². The van der Waals surface area contributed by atoms with Gasteiger partial charge in [-0.25, -0.2) is 8.78 Å². The average molecular weight is 418 g/mol. The summed E-state index contributed by atoms with van der Waals surface area (Å²) in [5.74, 6) is -0.714. The maximum atomic E-state index is 13.6. The molecule has 0 unspecified atom stereocenters. The van der Waals surface area contributed by atoms with Gasteiger partial charge in [-0.05, 0) is 31.2 Å². The number of rotatable bonds is 11. The fourth-order valence-corrected chi connectivity index (χ4v) is 2.72. The quantitative estimate of drug-likeness (QED) is 0.415. The van der Waals surface area contributed by atoms with Crippen LogP contribution >= 0.6 is 0 Å². The van der Waals surface area contributed by atoms with E-state index in [4.69, 9.17) is 10.2 Å². The molecule has 4 nitrogen and oxygen atoms in total. The monoisotopic (exact) mass is 418 g/mol. The Bertz CT molecular complexity index is 819. The number of aldehydes is 2. The molecule has 0 saturated carbocycles. The van der Waals surface area contributed by atoms with Gasteiger partial charge in [-0.15, -0.1) is 0 Å². The lowest BCUT2D eigenvalue weighted by Crippen LogP contribution is -1.97. The molecule has 0 radical (unpaired) electrons. The van der Waals surface area contributed by atoms with Crippen LogP contribution in [0.3, 0.4) is 0 Å². The van der Waals surface area contributed by atoms with E-state index in [1.807, 2.05) is 0 Å². The molecule has 0 atom stereocenters. The molecule has 30 heavy (non-hydrogen) atoms. The molecule has 0 fully saturated rings. The van der Waals surface area contributed by atoms with Crippen molar-refractivity contribution >= 4 is 18.6 Å². The maximum absolute atomic E-state index is 13.6. The van der Waals surface area contributed by atoms with E-state index in [9.17, 15) is 18.4 Å². The first-order valence-corrected chi connectivity index (χ1v) is 9.88. The Hall–Kier alpha value is -2.70. The summed E-state index contributed by atoms with van der Waals surface area (Å²) in [4.78, 5) is 20.1. The molecule has 0 aliphatic heterocycles. The summed E-state index contributed by atoms with van der Waals surface area (Å²) in [6.07, 6.45) is 8.84. The number of carbonyl (C=O) groups excluding carboxylic acids is 2. The molecule has 0 aromatic heterocycles. The van der Waals surface area contributed by atoms with Crippen molar-refractivity contribution < 1.29 is 28.6 Å². The van der Waals surface area contributed by atoms with Crippen LogP contribution in [-0.4, -0.2) is 22.8 Å². The second-order valence-electron chi connectivity index (χ2n) is 6.59. The minimum absolute atomic E-state index is 0.270. The van der Waals surface area contributed by atoms with Crippen LogP contribution in [0.5, 0.6) is 0 Å². The zero-order chi connectivity index (χ0) is 22.2. The Balaban J connectivity index is 0.000000300. The highest BCUT2D eigenvalue weighted by atomic mass is 19.1. The van der Waals surface area contributed by atoms with Gasteiger partial charge in [0.25, 0.3) is 0 Å². The van der Waals surface area contributed by atoms with Gasteiger partial charge >= 0.3 is 0 Å². The second kappa shape index (κ2) is 15.2. The van der Waals surface area contributed by atoms with Gasteiger partial charge in [0.15, 0.2) is 0 Å². The molecule has 0 saturated heterocycles. The molecular weight excluding hydrogens is 390 g/mol. The zero-order valence-electron chi connectivity index (χ0n) is 16.9. The van der Waals surface area contributed by atoms with Gasteiger partial charge in [0.2, 0.25) is 0 Å². The van der Waals surface area contributed by atoms with Gasteiger partial charge in [0.05, 0.1) is 13.2 Å². The normalized spacial score (nSPS) is 10.5. The summed E-state index contributed by atoms with van der Waals surface area (Å²) < 4.78 is 27.1. The SMILES string of the molecule is O=CCC/C=C/c1cccc(CO)c1F.O=CCCCCc1cccc(CO)c1F. The number of hydrogen-bond acceptors (Lipinski definition) is 4. The van der Waals surface area contributed by atoms with Crippen molar-refractivity contribution in [1.29, 1.82) is 0 Å². The van der Waals surface area contributed by atoms with Crippen LogP contribution in [0, 0.1) is 11.6 Å². The summed E-state index contributed by atoms with van der Waals surface area (Å²) in [6.45, 7) is -0.574. The Morgan fingerprint density at radius 1 is 0.733 bits per heavy atom. The highest BCUT2D eigenvalue weighted by Gasteiger charge is 2.06. The van der Waals surface area contributed by atoms with Crippen molar-refractivity contribution in [2.75, 3.05) is 0 Å². The van der Waals surface area contributed by atoms with E-state index in [-0.39, 0.29) is 24.6 Å². The third-order valence-electron chi connectivity index (χ3n) is 4.37. The minimum Gasteiger partial charge on any atom is -0.392 e. The second-order valence-corrected chi connectivity index (χ2v) is 6.59. The van der Waals surface area contributed by atoms with E-state index in [0.29, 0.717) is 42.4 Å². The van der Waals surface area contributed by atoms with E-state index < -0.39 is 5.82 Å². The van der Waals surface area contributed by atoms with Gasteiger partial charge in [-0.3, -0.25) is 0 Å². The van der Waals surface area contributed by atoms with Crippen LogP contribution in [0.4, 0.5) is 8.78 Å². The van der Waals surface area contributed by atoms with Gasteiger partial charge < -0.3 is 19.8 Å². The lowest BCUT2D eigenvalue weighted by molar-refractivity contribution is -0.108. The first-order valence-electron chi connectivity index (χ1n) is 9.88. The number of carbonyl (C=O) groups is 2. The number of hydrogen-bond donors (Lipinski definition) is 2. The first-order chi connectivity index (χ1) is 14.6. The molecule has 162 valence electrons. The summed E-state index contributed by atoms with van der Waals surface area (Å²) in [5.41, 5.74) is 1.68. The summed E-state index contributed by atoms with van der Waals surface area (Å²) in [7, 11) is 0. The molecule has 2 N–H and O–H groups in total. The van der Waals surface area contributed by atoms with Crippen molar-refractivity contribution in [3.63, 3.8) is 0 Å². The van der Waals surface area contributed by atoms with E-state index in [0.717, 1.165) is 25.4 Å². The molecule has 6 heteroatoms. The average Bonchev–Trinajstić information content (AvgIpc) is 2.77. The standard InChI is InChI=1S/C12H15FO2.C12H13FO2/c2*13-12-10(5-2-1-3-8-14)6-4-7-11(12)9-15/h4,6-8,15H,1-3,5,9H2;2,4-8,15H,1,3,9H2/b;5-2+. The molecule has 0 aliphatic rings. The van der Waals surface area contributed by atoms with Crippen molar-refractivity contribution in [2.45, 2.75) is 51.7 Å². The van der Waals surface area contributed by atoms with Crippen LogP contribution in [-0.2, 0) is 29.2 Å². The lowest BCUT2D eigenvalue weighted by Gasteiger charge is -2.05. The highest BCUT2D eigenvalue weighted by molar-refractivity contribution is 5.53. The Morgan fingerprint density at radius 3 is 1.97 bits per heavy atom. The molecule has 2 aromatic carbocycles. The van der Waals surface area contributed by atoms with Crippen LogP contribution in [0.1, 0.15) is 54.4 Å². The van der Waals surface area contributed by atoms with Gasteiger partial charge in [0, 0.05) is 29.5 Å². The number of aryl methyl sites for hydroxylation is 1. The van der Waals surface area contributed by atoms with Crippen LogP contribution in [0.25, 0.3) is 6.08 Å². The largest absolute Gasteiger partial charge is 0.392 e. The van der Waals surface area contributed by atoms with Crippen LogP contribution in [0.2, 0.25) is 0 Å². The van der Waals surface area contributed by atoms with E-state index in [2.05, 4.69) is 0 Å². The predicted octanol–water partition coefficient (Wildman–Crippen LogP) is 4.54. The Morgan fingerprint density at radius 2 is 1.33 bits per heavy atom. The van der Waals surface area contributed by atoms with Crippen LogP contribution in [0.15, 0.2) is 42.5 Å². The number of allylic oxidation sites excluding steroid dienone is 1. The molecule has 0 amide bonds. The summed E-state index contributed by atoms with van der Waals surface area (Å²) >= 11 is 0. The van der Waals surface area contributed by atoms with E-state index in [1.165, 1.54) is 6.07 Å². The first kappa shape index (κ1) is 25.3. The molecule has 0 heterocycles. The maximum Gasteiger partial charge on any atom is 0.135 e. The minimum atomic E-state index is -0.401. The topological polar surface area (TPSA) is 74.6 Å². The fourth-order valence-electron chi connectivity index (χ4n) is 2.72. The Kier molecular flexibility index (Phi) is 12.8. The number of aliphatic hydroxyl groups is 2. The van der Waals surface area contributed by atoms with Gasteiger partial charge in [-0.2, -0.15) is 0 Å². The van der Waals surface area contributed by atoms with Crippen molar-refractivity contribution in [2.24, 2.45) is 0 Å². The molecule has 0 spiro atoms. The van der Waals surface area contributed by atoms with Crippen molar-refractivity contribution in [3.8, 4) is 0 Å². The third-order valence-corrected chi connectivity index (χ3v) is 4.37. The van der Waals surface area contributed by atoms with Crippen molar-refractivity contribution in [1.82, 2.24) is 0 Å². The lowest BCUT2D eigenvalue weighted by atomic mass is 10.0. The number of unbranched alkanes of at least 4 members (excludes halogenated alkanes) is 3. The highest BCUT2D eigenvalue weighted by Crippen LogP contribution is 2.16. The Labute approximate surface area is 175 Å². The molecule has 2 aromatic rings. The third kappa shape index (κ3) is 8.76. The summed E-state index contributed by atoms with van der Waals surface area (Å²) in [6, 6.07) is 9.89. The van der Waals surface area contributed by atoms with Gasteiger partial charge in [0.1, 0.15) is 24.2 Å². The molecular formula is C24H28F2O4. The fraction of sp³-hybridized carbons (Fsp3) is 0.333. The van der Waals surface area contributed by atoms with Gasteiger partial charge in [-0.1, -0.05) is 48.6 Å².